The number of carbonyl (C=O) groups excluding carboxylic acids is 1. The predicted molar refractivity (Wildman–Crippen MR) is 139 cm³/mol. The van der Waals surface area contributed by atoms with Crippen molar-refractivity contribution in [3.05, 3.63) is 0 Å². The zero-order valence-corrected chi connectivity index (χ0v) is 23.8. The molecule has 0 aromatic rings. The second-order valence-corrected chi connectivity index (χ2v) is 15.7. The zero-order valence-electron chi connectivity index (χ0n) is 23.0. The third-order valence-corrected chi connectivity index (χ3v) is 12.7. The molecule has 0 aromatic carbocycles. The van der Waals surface area contributed by atoms with Gasteiger partial charge in [-0.1, -0.05) is 13.8 Å². The smallest absolute Gasteiger partial charge is 0.267 e. The first-order chi connectivity index (χ1) is 17.1. The van der Waals surface area contributed by atoms with Crippen LogP contribution < -0.4 is 0 Å². The van der Waals surface area contributed by atoms with Gasteiger partial charge in [0.15, 0.2) is 5.78 Å². The standard InChI is InChI=1S/C28H47NO7S/c1-25(2)16-29(11-12-36-25)24-14-27(4)18(13-28(24,32)17-37(33,34)35)5-6-19-20-7-8-22(23(31)15-30)26(20,3)10-9-21(19)27/h18-22,24,30,32H,5-17H2,1-4H3,(H,33,34,35)/t18-,19-,20-,21-,22+,24-,26-,27-,28+/m0/s1. The lowest BCUT2D eigenvalue weighted by molar-refractivity contribution is -0.194. The Morgan fingerprint density at radius 3 is 2.35 bits per heavy atom. The monoisotopic (exact) mass is 541 g/mol. The maximum atomic E-state index is 12.6. The summed E-state index contributed by atoms with van der Waals surface area (Å²) >= 11 is 0. The fraction of sp³-hybridized carbons (Fsp3) is 0.964. The first-order valence-electron chi connectivity index (χ1n) is 14.3. The van der Waals surface area contributed by atoms with Crippen LogP contribution in [0.25, 0.3) is 0 Å². The molecule has 3 N–H and O–H groups in total. The fourth-order valence-electron chi connectivity index (χ4n) is 10.3. The van der Waals surface area contributed by atoms with Crippen LogP contribution in [0.5, 0.6) is 0 Å². The molecular weight excluding hydrogens is 494 g/mol. The second-order valence-electron chi connectivity index (χ2n) is 14.3. The Kier molecular flexibility index (Phi) is 6.98. The third-order valence-electron chi connectivity index (χ3n) is 11.8. The molecule has 9 atom stereocenters. The van der Waals surface area contributed by atoms with Crippen LogP contribution in [0, 0.1) is 40.4 Å². The van der Waals surface area contributed by atoms with E-state index in [0.717, 1.165) is 38.5 Å². The number of ketones is 1. The van der Waals surface area contributed by atoms with E-state index in [1.165, 1.54) is 0 Å². The molecular formula is C28H47NO7S. The van der Waals surface area contributed by atoms with Gasteiger partial charge >= 0.3 is 0 Å². The third kappa shape index (κ3) is 4.73. The van der Waals surface area contributed by atoms with E-state index in [0.29, 0.717) is 50.3 Å². The van der Waals surface area contributed by atoms with Gasteiger partial charge in [-0.3, -0.25) is 14.2 Å². The number of aliphatic hydroxyl groups is 2. The van der Waals surface area contributed by atoms with Crippen LogP contribution in [-0.4, -0.2) is 83.2 Å². The molecule has 4 aliphatic carbocycles. The molecule has 0 bridgehead atoms. The molecule has 4 saturated carbocycles. The van der Waals surface area contributed by atoms with E-state index in [1.54, 1.807) is 0 Å². The number of Topliss-reactive ketones (excluding diaryl/α,β-unsaturated/α-hetero) is 1. The van der Waals surface area contributed by atoms with Gasteiger partial charge in [-0.2, -0.15) is 8.42 Å². The molecule has 9 heteroatoms. The molecule has 0 radical (unpaired) electrons. The molecule has 5 rings (SSSR count). The maximum absolute atomic E-state index is 12.6. The van der Waals surface area contributed by atoms with Crippen LogP contribution in [0.15, 0.2) is 0 Å². The molecule has 1 heterocycles. The van der Waals surface area contributed by atoms with Crippen molar-refractivity contribution in [2.24, 2.45) is 40.4 Å². The Balaban J connectivity index is 1.46. The normalized spacial score (nSPS) is 48.1. The van der Waals surface area contributed by atoms with E-state index in [9.17, 15) is 28.0 Å². The van der Waals surface area contributed by atoms with Crippen LogP contribution in [-0.2, 0) is 19.6 Å². The molecule has 1 aliphatic heterocycles. The first kappa shape index (κ1) is 28.0. The summed E-state index contributed by atoms with van der Waals surface area (Å²) in [5, 5.41) is 21.6. The number of rotatable bonds is 5. The number of carbonyl (C=O) groups is 1. The van der Waals surface area contributed by atoms with Crippen molar-refractivity contribution in [3.63, 3.8) is 0 Å². The van der Waals surface area contributed by atoms with E-state index in [-0.39, 0.29) is 41.1 Å². The molecule has 1 saturated heterocycles. The fourth-order valence-corrected chi connectivity index (χ4v) is 11.2. The van der Waals surface area contributed by atoms with Crippen molar-refractivity contribution in [1.82, 2.24) is 4.90 Å². The van der Waals surface area contributed by atoms with Crippen LogP contribution in [0.3, 0.4) is 0 Å². The summed E-state index contributed by atoms with van der Waals surface area (Å²) in [7, 11) is -4.36. The minimum absolute atomic E-state index is 0.00807. The number of aliphatic hydroxyl groups excluding tert-OH is 1. The number of morpholine rings is 1. The zero-order chi connectivity index (χ0) is 27.0. The van der Waals surface area contributed by atoms with E-state index in [2.05, 4.69) is 18.7 Å². The van der Waals surface area contributed by atoms with Crippen molar-refractivity contribution >= 4 is 15.9 Å². The lowest BCUT2D eigenvalue weighted by Gasteiger charge is -2.64. The molecule has 212 valence electrons. The Labute approximate surface area is 222 Å². The molecule has 0 spiro atoms. The highest BCUT2D eigenvalue weighted by Crippen LogP contribution is 2.68. The lowest BCUT2D eigenvalue weighted by atomic mass is 9.43. The van der Waals surface area contributed by atoms with E-state index >= 15 is 0 Å². The summed E-state index contributed by atoms with van der Waals surface area (Å²) in [5.41, 5.74) is -2.01. The molecule has 0 aromatic heterocycles. The maximum Gasteiger partial charge on any atom is 0.267 e. The topological polar surface area (TPSA) is 124 Å². The molecule has 5 aliphatic rings. The number of ether oxygens (including phenoxy) is 1. The van der Waals surface area contributed by atoms with Gasteiger partial charge in [0.05, 0.1) is 17.8 Å². The highest BCUT2D eigenvalue weighted by Gasteiger charge is 2.64. The van der Waals surface area contributed by atoms with Gasteiger partial charge in [0.2, 0.25) is 0 Å². The highest BCUT2D eigenvalue weighted by atomic mass is 32.2. The van der Waals surface area contributed by atoms with Gasteiger partial charge in [-0.05, 0) is 99.7 Å². The Hall–Kier alpha value is -0.580. The van der Waals surface area contributed by atoms with Crippen molar-refractivity contribution in [3.8, 4) is 0 Å². The van der Waals surface area contributed by atoms with Gasteiger partial charge in [0.1, 0.15) is 12.4 Å². The van der Waals surface area contributed by atoms with E-state index in [4.69, 9.17) is 4.74 Å². The van der Waals surface area contributed by atoms with Gasteiger partial charge in [0.25, 0.3) is 10.1 Å². The quantitative estimate of drug-likeness (QED) is 0.454. The number of hydrogen-bond acceptors (Lipinski definition) is 7. The van der Waals surface area contributed by atoms with Crippen LogP contribution in [0.2, 0.25) is 0 Å². The summed E-state index contributed by atoms with van der Waals surface area (Å²) in [6.45, 7) is 10.1. The van der Waals surface area contributed by atoms with E-state index in [1.807, 2.05) is 13.8 Å². The van der Waals surface area contributed by atoms with Crippen molar-refractivity contribution in [2.75, 3.05) is 32.1 Å². The van der Waals surface area contributed by atoms with Gasteiger partial charge in [-0.15, -0.1) is 0 Å². The van der Waals surface area contributed by atoms with Gasteiger partial charge in [0, 0.05) is 25.0 Å². The number of nitrogens with zero attached hydrogens (tertiary/aromatic N) is 1. The summed E-state index contributed by atoms with van der Waals surface area (Å²) in [6, 6.07) is -0.377. The highest BCUT2D eigenvalue weighted by molar-refractivity contribution is 7.85. The van der Waals surface area contributed by atoms with Gasteiger partial charge < -0.3 is 14.9 Å². The van der Waals surface area contributed by atoms with E-state index < -0.39 is 27.1 Å². The largest absolute Gasteiger partial charge is 0.389 e. The van der Waals surface area contributed by atoms with Crippen molar-refractivity contribution in [2.45, 2.75) is 96.3 Å². The molecule has 5 fully saturated rings. The summed E-state index contributed by atoms with van der Waals surface area (Å²) in [4.78, 5) is 14.8. The predicted octanol–water partition coefficient (Wildman–Crippen LogP) is 2.91. The minimum atomic E-state index is -4.36. The number of fused-ring (bicyclic) bond motifs is 5. The van der Waals surface area contributed by atoms with Crippen LogP contribution in [0.4, 0.5) is 0 Å². The first-order valence-corrected chi connectivity index (χ1v) is 15.9. The minimum Gasteiger partial charge on any atom is -0.389 e. The lowest BCUT2D eigenvalue weighted by Crippen LogP contribution is -2.68. The SMILES string of the molecule is CC1(C)CN([C@H]2C[C@@]3(C)[C@@H](CC[C@@H]4[C@@H]3CC[C@]3(C)[C@@H](C(=O)CO)CC[C@@H]43)C[C@@]2(O)CS(=O)(=O)O)CCO1. The summed E-state index contributed by atoms with van der Waals surface area (Å²) in [6.07, 6.45) is 6.93. The molecule has 0 amide bonds. The van der Waals surface area contributed by atoms with Gasteiger partial charge in [-0.25, -0.2) is 0 Å². The number of hydrogen-bond donors (Lipinski definition) is 3. The van der Waals surface area contributed by atoms with Crippen molar-refractivity contribution in [1.29, 1.82) is 0 Å². The Morgan fingerprint density at radius 2 is 1.70 bits per heavy atom. The Bertz CT molecular complexity index is 1020. The average Bonchev–Trinajstić information content (AvgIpc) is 3.14. The van der Waals surface area contributed by atoms with Crippen LogP contribution >= 0.6 is 0 Å². The molecule has 8 nitrogen and oxygen atoms in total. The second kappa shape index (κ2) is 9.23. The molecule has 37 heavy (non-hydrogen) atoms. The summed E-state index contributed by atoms with van der Waals surface area (Å²) < 4.78 is 40.0. The summed E-state index contributed by atoms with van der Waals surface area (Å²) in [5.74, 6) is 0.921. The Morgan fingerprint density at radius 1 is 1.00 bits per heavy atom. The average molecular weight is 542 g/mol. The van der Waals surface area contributed by atoms with Crippen LogP contribution in [0.1, 0.15) is 79.1 Å². The molecule has 0 unspecified atom stereocenters. The van der Waals surface area contributed by atoms with Crippen molar-refractivity contribution < 1.29 is 32.7 Å².